The van der Waals surface area contributed by atoms with E-state index in [1.165, 1.54) is 0 Å². The Hall–Kier alpha value is -0.263. The Morgan fingerprint density at radius 1 is 1.25 bits per heavy atom. The van der Waals surface area contributed by atoms with E-state index in [4.69, 9.17) is 5.11 Å². The van der Waals surface area contributed by atoms with Crippen molar-refractivity contribution in [2.45, 2.75) is 51.9 Å². The summed E-state index contributed by atoms with van der Waals surface area (Å²) in [7, 11) is -1.49. The van der Waals surface area contributed by atoms with E-state index in [1.807, 2.05) is 0 Å². The summed E-state index contributed by atoms with van der Waals surface area (Å²) in [5, 5.41) is 9.32. The highest BCUT2D eigenvalue weighted by molar-refractivity contribution is 6.87. The van der Waals surface area contributed by atoms with Crippen LogP contribution in [0.1, 0.15) is 27.7 Å². The molecule has 1 atom stereocenters. The maximum atomic E-state index is 9.03. The maximum absolute atomic E-state index is 9.03. The van der Waals surface area contributed by atoms with Crippen molar-refractivity contribution in [3.8, 4) is 11.5 Å². The molecule has 1 nitrogen and oxygen atoms in total. The molecule has 1 N–H and O–H groups in total. The van der Waals surface area contributed by atoms with Gasteiger partial charge in [-0.25, -0.2) is 0 Å². The third-order valence-corrected chi connectivity index (χ3v) is 6.99. The van der Waals surface area contributed by atoms with Crippen molar-refractivity contribution in [2.24, 2.45) is 0 Å². The van der Waals surface area contributed by atoms with Crippen LogP contribution < -0.4 is 0 Å². The minimum Gasteiger partial charge on any atom is -0.381 e. The molecule has 0 rings (SSSR count). The molecule has 0 aliphatic heterocycles. The van der Waals surface area contributed by atoms with Crippen LogP contribution in [0.15, 0.2) is 0 Å². The number of aliphatic hydroxyl groups excluding tert-OH is 1. The first kappa shape index (κ1) is 11.7. The van der Waals surface area contributed by atoms with Crippen LogP contribution in [0.25, 0.3) is 0 Å². The summed E-state index contributed by atoms with van der Waals surface area (Å²) in [4.78, 5) is 0. The van der Waals surface area contributed by atoms with E-state index >= 15 is 0 Å². The summed E-state index contributed by atoms with van der Waals surface area (Å²) >= 11 is 0. The second-order valence-corrected chi connectivity index (χ2v) is 9.82. The minimum atomic E-state index is -1.49. The first-order chi connectivity index (χ1) is 5.17. The topological polar surface area (TPSA) is 20.2 Å². The lowest BCUT2D eigenvalue weighted by Crippen LogP contribution is -2.35. The van der Waals surface area contributed by atoms with E-state index in [1.54, 1.807) is 6.92 Å². The van der Waals surface area contributed by atoms with Gasteiger partial charge in [-0.2, -0.15) is 0 Å². The molecule has 0 aromatic heterocycles. The van der Waals surface area contributed by atoms with Crippen molar-refractivity contribution >= 4 is 8.07 Å². The fourth-order valence-electron chi connectivity index (χ4n) is 0.472. The van der Waals surface area contributed by atoms with Crippen LogP contribution in [-0.4, -0.2) is 19.3 Å². The van der Waals surface area contributed by atoms with E-state index in [-0.39, 0.29) is 5.04 Å². The Kier molecular flexibility index (Phi) is 3.55. The minimum absolute atomic E-state index is 0.287. The highest BCUT2D eigenvalue weighted by atomic mass is 28.3. The molecule has 0 aliphatic rings. The Morgan fingerprint density at radius 2 is 1.67 bits per heavy atom. The van der Waals surface area contributed by atoms with E-state index < -0.39 is 14.2 Å². The van der Waals surface area contributed by atoms with Crippen LogP contribution in [-0.2, 0) is 0 Å². The van der Waals surface area contributed by atoms with Gasteiger partial charge in [-0.05, 0) is 12.0 Å². The van der Waals surface area contributed by atoms with Gasteiger partial charge in [0.15, 0.2) is 0 Å². The maximum Gasteiger partial charge on any atom is 0.137 e. The molecule has 0 fully saturated rings. The van der Waals surface area contributed by atoms with Crippen molar-refractivity contribution in [1.82, 2.24) is 0 Å². The number of aliphatic hydroxyl groups is 1. The van der Waals surface area contributed by atoms with Crippen molar-refractivity contribution in [3.05, 3.63) is 0 Å². The van der Waals surface area contributed by atoms with Gasteiger partial charge < -0.3 is 5.11 Å². The summed E-state index contributed by atoms with van der Waals surface area (Å²) in [5.41, 5.74) is 3.24. The highest BCUT2D eigenvalue weighted by Crippen LogP contribution is 2.35. The average Bonchev–Trinajstić information content (AvgIpc) is 1.81. The van der Waals surface area contributed by atoms with Crippen LogP contribution >= 0.6 is 0 Å². The van der Waals surface area contributed by atoms with Gasteiger partial charge in [0.1, 0.15) is 14.2 Å². The van der Waals surface area contributed by atoms with Crippen molar-refractivity contribution in [3.63, 3.8) is 0 Å². The molecule has 0 amide bonds. The summed E-state index contributed by atoms with van der Waals surface area (Å²) in [6.07, 6.45) is -0.487. The molecule has 0 aliphatic carbocycles. The van der Waals surface area contributed by atoms with Gasteiger partial charge in [-0.1, -0.05) is 39.8 Å². The molecular weight excluding hydrogens is 164 g/mol. The summed E-state index contributed by atoms with van der Waals surface area (Å²) in [5.74, 6) is 2.86. The molecule has 0 aromatic carbocycles. The normalized spacial score (nSPS) is 14.9. The lowest BCUT2D eigenvalue weighted by atomic mass is 10.2. The smallest absolute Gasteiger partial charge is 0.137 e. The molecule has 70 valence electrons. The van der Waals surface area contributed by atoms with Gasteiger partial charge >= 0.3 is 0 Å². The van der Waals surface area contributed by atoms with Crippen LogP contribution in [0.4, 0.5) is 0 Å². The predicted molar refractivity (Wildman–Crippen MR) is 56.7 cm³/mol. The third kappa shape index (κ3) is 3.42. The van der Waals surface area contributed by atoms with E-state index in [9.17, 15) is 0 Å². The SMILES string of the molecule is C[C@H](O)C#C[Si](C)(C)C(C)(C)C. The predicted octanol–water partition coefficient (Wildman–Crippen LogP) is 2.42. The Balaban J connectivity index is 4.57. The molecule has 2 heteroatoms. The fourth-order valence-corrected chi connectivity index (χ4v) is 1.42. The molecule has 0 radical (unpaired) electrons. The average molecular weight is 184 g/mol. The molecule has 12 heavy (non-hydrogen) atoms. The molecule has 0 saturated heterocycles. The fraction of sp³-hybridized carbons (Fsp3) is 0.800. The standard InChI is InChI=1S/C10H20OSi/c1-9(11)7-8-12(5,6)10(2,3)4/h9,11H,1-6H3/t9-/m0/s1. The molecule has 0 spiro atoms. The monoisotopic (exact) mass is 184 g/mol. The van der Waals surface area contributed by atoms with Gasteiger partial charge in [0.25, 0.3) is 0 Å². The van der Waals surface area contributed by atoms with Crippen LogP contribution in [0.3, 0.4) is 0 Å². The molecule has 0 saturated carbocycles. The largest absolute Gasteiger partial charge is 0.381 e. The highest BCUT2D eigenvalue weighted by Gasteiger charge is 2.33. The molecule has 0 aromatic rings. The number of hydrogen-bond donors (Lipinski definition) is 1. The first-order valence-corrected chi connectivity index (χ1v) is 7.37. The van der Waals surface area contributed by atoms with Gasteiger partial charge in [-0.3, -0.25) is 0 Å². The van der Waals surface area contributed by atoms with Crippen molar-refractivity contribution < 1.29 is 5.11 Å². The number of hydrogen-bond acceptors (Lipinski definition) is 1. The zero-order valence-electron chi connectivity index (χ0n) is 9.02. The second-order valence-electron chi connectivity index (χ2n) is 4.82. The van der Waals surface area contributed by atoms with Crippen LogP contribution in [0.5, 0.6) is 0 Å². The second kappa shape index (κ2) is 3.63. The van der Waals surface area contributed by atoms with Gasteiger partial charge in [0.05, 0.1) is 0 Å². The molecule has 0 heterocycles. The molecular formula is C10H20OSi. The Labute approximate surface area is 77.2 Å². The van der Waals surface area contributed by atoms with Crippen molar-refractivity contribution in [2.75, 3.05) is 0 Å². The third-order valence-electron chi connectivity index (χ3n) is 2.47. The van der Waals surface area contributed by atoms with Gasteiger partial charge in [0, 0.05) is 0 Å². The lowest BCUT2D eigenvalue weighted by molar-refractivity contribution is 0.253. The zero-order valence-corrected chi connectivity index (χ0v) is 10.0. The first-order valence-electron chi connectivity index (χ1n) is 4.37. The van der Waals surface area contributed by atoms with Crippen LogP contribution in [0, 0.1) is 11.5 Å². The van der Waals surface area contributed by atoms with E-state index in [0.717, 1.165) is 0 Å². The van der Waals surface area contributed by atoms with Crippen molar-refractivity contribution in [1.29, 1.82) is 0 Å². The van der Waals surface area contributed by atoms with Gasteiger partial charge in [-0.15, -0.1) is 5.54 Å². The summed E-state index contributed by atoms with van der Waals surface area (Å²) < 4.78 is 0. The summed E-state index contributed by atoms with van der Waals surface area (Å²) in [6.45, 7) is 12.8. The lowest BCUT2D eigenvalue weighted by Gasteiger charge is -2.31. The van der Waals surface area contributed by atoms with E-state index in [2.05, 4.69) is 45.3 Å². The quantitative estimate of drug-likeness (QED) is 0.453. The van der Waals surface area contributed by atoms with Gasteiger partial charge in [0.2, 0.25) is 0 Å². The number of rotatable bonds is 0. The zero-order chi connectivity index (χ0) is 9.99. The van der Waals surface area contributed by atoms with Crippen LogP contribution in [0.2, 0.25) is 18.1 Å². The molecule has 0 unspecified atom stereocenters. The summed E-state index contributed by atoms with van der Waals surface area (Å²) in [6, 6.07) is 0. The van der Waals surface area contributed by atoms with E-state index in [0.29, 0.717) is 0 Å². The molecule has 0 bridgehead atoms. The Morgan fingerprint density at radius 3 is 1.92 bits per heavy atom. The Bertz CT molecular complexity index is 200.